The van der Waals surface area contributed by atoms with E-state index >= 15 is 0 Å². The molecule has 8 nitrogen and oxygen atoms in total. The third-order valence-corrected chi connectivity index (χ3v) is 5.77. The highest BCUT2D eigenvalue weighted by Gasteiger charge is 2.36. The van der Waals surface area contributed by atoms with Gasteiger partial charge in [0.05, 0.1) is 23.5 Å². The molecule has 2 rings (SSSR count). The van der Waals surface area contributed by atoms with Crippen molar-refractivity contribution in [1.82, 2.24) is 0 Å². The molecule has 1 aliphatic rings. The summed E-state index contributed by atoms with van der Waals surface area (Å²) >= 11 is 0.912. The molecule has 2 amide bonds. The number of hydrogen-bond acceptors (Lipinski definition) is 6. The van der Waals surface area contributed by atoms with E-state index in [2.05, 4.69) is 5.32 Å². The third-order valence-electron chi connectivity index (χ3n) is 4.58. The highest BCUT2D eigenvalue weighted by molar-refractivity contribution is 7.18. The SMILES string of the molecule is Cc1c(C(=O)OC(C)C)sc(NC(=O)[C@@H]2CCCC[C@@H]2C(=O)O)c1C(N)=O. The van der Waals surface area contributed by atoms with Crippen molar-refractivity contribution in [2.45, 2.75) is 52.6 Å². The summed E-state index contributed by atoms with van der Waals surface area (Å²) in [5.41, 5.74) is 5.82. The number of aliphatic carboxylic acids is 1. The molecule has 0 saturated heterocycles. The van der Waals surface area contributed by atoms with Gasteiger partial charge in [-0.25, -0.2) is 4.79 Å². The molecule has 0 spiro atoms. The number of carboxylic acid groups (broad SMARTS) is 1. The summed E-state index contributed by atoms with van der Waals surface area (Å²) in [5, 5.41) is 12.1. The van der Waals surface area contributed by atoms with Crippen LogP contribution in [0.2, 0.25) is 0 Å². The Kier molecular flexibility index (Phi) is 6.59. The van der Waals surface area contributed by atoms with Crippen molar-refractivity contribution in [1.29, 1.82) is 0 Å². The van der Waals surface area contributed by atoms with Crippen molar-refractivity contribution in [3.63, 3.8) is 0 Å². The Bertz CT molecular complexity index is 770. The Labute approximate surface area is 161 Å². The van der Waals surface area contributed by atoms with Crippen LogP contribution in [-0.2, 0) is 14.3 Å². The molecule has 0 bridgehead atoms. The predicted molar refractivity (Wildman–Crippen MR) is 99.8 cm³/mol. The summed E-state index contributed by atoms with van der Waals surface area (Å²) in [6.45, 7) is 4.96. The van der Waals surface area contributed by atoms with E-state index in [0.29, 0.717) is 18.4 Å². The van der Waals surface area contributed by atoms with Crippen molar-refractivity contribution in [2.75, 3.05) is 5.32 Å². The van der Waals surface area contributed by atoms with Crippen LogP contribution >= 0.6 is 11.3 Å². The van der Waals surface area contributed by atoms with Crippen LogP contribution in [0.3, 0.4) is 0 Å². The number of rotatable bonds is 6. The van der Waals surface area contributed by atoms with Gasteiger partial charge in [0.2, 0.25) is 5.91 Å². The molecule has 4 N–H and O–H groups in total. The number of hydrogen-bond donors (Lipinski definition) is 3. The number of ether oxygens (including phenoxy) is 1. The highest BCUT2D eigenvalue weighted by Crippen LogP contribution is 2.36. The molecular weight excluding hydrogens is 372 g/mol. The van der Waals surface area contributed by atoms with Gasteiger partial charge in [-0.1, -0.05) is 12.8 Å². The fourth-order valence-corrected chi connectivity index (χ4v) is 4.40. The van der Waals surface area contributed by atoms with Gasteiger partial charge in [0.15, 0.2) is 0 Å². The average Bonchev–Trinajstić information content (AvgIpc) is 2.90. The zero-order valence-electron chi connectivity index (χ0n) is 15.5. The van der Waals surface area contributed by atoms with Crippen LogP contribution < -0.4 is 11.1 Å². The number of carboxylic acids is 1. The first-order valence-corrected chi connectivity index (χ1v) is 9.63. The number of carbonyl (C=O) groups is 4. The standard InChI is InChI=1S/C18H24N2O6S/c1-8(2)26-18(25)13-9(3)12(14(19)21)16(27-13)20-15(22)10-6-4-5-7-11(10)17(23)24/h8,10-11H,4-7H2,1-3H3,(H2,19,21)(H,20,22)(H,23,24)/t10-,11+/m1/s1. The Morgan fingerprint density at radius 1 is 1.19 bits per heavy atom. The first-order valence-electron chi connectivity index (χ1n) is 8.81. The zero-order chi connectivity index (χ0) is 20.3. The maximum Gasteiger partial charge on any atom is 0.348 e. The van der Waals surface area contributed by atoms with E-state index in [1.807, 2.05) is 0 Å². The number of esters is 1. The minimum absolute atomic E-state index is 0.0479. The number of nitrogens with one attached hydrogen (secondary N) is 1. The summed E-state index contributed by atoms with van der Waals surface area (Å²) in [6, 6.07) is 0. The van der Waals surface area contributed by atoms with E-state index < -0.39 is 35.6 Å². The van der Waals surface area contributed by atoms with Gasteiger partial charge < -0.3 is 20.9 Å². The van der Waals surface area contributed by atoms with E-state index in [9.17, 15) is 24.3 Å². The number of nitrogens with two attached hydrogens (primary N) is 1. The summed E-state index contributed by atoms with van der Waals surface area (Å²) < 4.78 is 5.16. The molecule has 9 heteroatoms. The molecule has 0 aromatic carbocycles. The number of carbonyl (C=O) groups excluding carboxylic acids is 3. The molecule has 2 atom stereocenters. The number of primary amides is 1. The van der Waals surface area contributed by atoms with Crippen molar-refractivity contribution >= 4 is 40.1 Å². The molecule has 0 unspecified atom stereocenters. The lowest BCUT2D eigenvalue weighted by atomic mass is 9.79. The third kappa shape index (κ3) is 4.65. The molecule has 1 aromatic rings. The van der Waals surface area contributed by atoms with Gasteiger partial charge in [0, 0.05) is 0 Å². The van der Waals surface area contributed by atoms with E-state index in [-0.39, 0.29) is 21.5 Å². The number of amides is 2. The van der Waals surface area contributed by atoms with Crippen molar-refractivity contribution in [2.24, 2.45) is 17.6 Å². The molecule has 1 fully saturated rings. The van der Waals surface area contributed by atoms with Gasteiger partial charge in [-0.2, -0.15) is 0 Å². The molecule has 1 aromatic heterocycles. The van der Waals surface area contributed by atoms with Crippen LogP contribution in [0, 0.1) is 18.8 Å². The molecule has 1 heterocycles. The smallest absolute Gasteiger partial charge is 0.348 e. The van der Waals surface area contributed by atoms with Crippen molar-refractivity contribution in [3.05, 3.63) is 16.0 Å². The first kappa shape index (κ1) is 20.9. The summed E-state index contributed by atoms with van der Waals surface area (Å²) in [6.07, 6.45) is 2.08. The van der Waals surface area contributed by atoms with Crippen LogP contribution in [0.25, 0.3) is 0 Å². The quantitative estimate of drug-likeness (QED) is 0.632. The van der Waals surface area contributed by atoms with Gasteiger partial charge >= 0.3 is 11.9 Å². The van der Waals surface area contributed by atoms with E-state index in [1.165, 1.54) is 0 Å². The van der Waals surface area contributed by atoms with Gasteiger partial charge in [0.1, 0.15) is 9.88 Å². The lowest BCUT2D eigenvalue weighted by molar-refractivity contribution is -0.147. The van der Waals surface area contributed by atoms with Gasteiger partial charge in [-0.05, 0) is 39.2 Å². The van der Waals surface area contributed by atoms with Crippen LogP contribution in [0.4, 0.5) is 5.00 Å². The number of anilines is 1. The molecular formula is C18H24N2O6S. The maximum absolute atomic E-state index is 12.7. The van der Waals surface area contributed by atoms with Crippen LogP contribution in [0.1, 0.15) is 65.1 Å². The van der Waals surface area contributed by atoms with E-state index in [1.54, 1.807) is 20.8 Å². The molecule has 1 aliphatic carbocycles. The Hall–Kier alpha value is -2.42. The van der Waals surface area contributed by atoms with Gasteiger partial charge in [0.25, 0.3) is 5.91 Å². The maximum atomic E-state index is 12.7. The molecule has 148 valence electrons. The van der Waals surface area contributed by atoms with Crippen LogP contribution in [0.5, 0.6) is 0 Å². The lowest BCUT2D eigenvalue weighted by Gasteiger charge is -2.27. The van der Waals surface area contributed by atoms with Crippen LogP contribution in [-0.4, -0.2) is 35.0 Å². The van der Waals surface area contributed by atoms with E-state index in [0.717, 1.165) is 24.2 Å². The fraction of sp³-hybridized carbons (Fsp3) is 0.556. The fourth-order valence-electron chi connectivity index (χ4n) is 3.31. The number of thiophene rings is 1. The Morgan fingerprint density at radius 3 is 2.30 bits per heavy atom. The summed E-state index contributed by atoms with van der Waals surface area (Å²) in [5.74, 6) is -4.31. The zero-order valence-corrected chi connectivity index (χ0v) is 16.4. The molecule has 27 heavy (non-hydrogen) atoms. The monoisotopic (exact) mass is 396 g/mol. The van der Waals surface area contributed by atoms with E-state index in [4.69, 9.17) is 10.5 Å². The minimum Gasteiger partial charge on any atom is -0.481 e. The van der Waals surface area contributed by atoms with Crippen molar-refractivity contribution in [3.8, 4) is 0 Å². The molecule has 0 radical (unpaired) electrons. The highest BCUT2D eigenvalue weighted by atomic mass is 32.1. The van der Waals surface area contributed by atoms with Crippen LogP contribution in [0.15, 0.2) is 0 Å². The summed E-state index contributed by atoms with van der Waals surface area (Å²) in [7, 11) is 0. The largest absolute Gasteiger partial charge is 0.481 e. The van der Waals surface area contributed by atoms with Gasteiger partial charge in [-0.15, -0.1) is 11.3 Å². The second-order valence-electron chi connectivity index (χ2n) is 6.90. The molecule has 1 saturated carbocycles. The average molecular weight is 396 g/mol. The van der Waals surface area contributed by atoms with Crippen molar-refractivity contribution < 1.29 is 29.0 Å². The Morgan fingerprint density at radius 2 is 1.78 bits per heavy atom. The van der Waals surface area contributed by atoms with Gasteiger partial charge in [-0.3, -0.25) is 14.4 Å². The topological polar surface area (TPSA) is 136 Å². The predicted octanol–water partition coefficient (Wildman–Crippen LogP) is 2.55. The second-order valence-corrected chi connectivity index (χ2v) is 7.92. The normalized spacial score (nSPS) is 19.6. The minimum atomic E-state index is -1.01. The first-order chi connectivity index (χ1) is 12.6. The molecule has 0 aliphatic heterocycles. The Balaban J connectivity index is 2.31. The lowest BCUT2D eigenvalue weighted by Crippen LogP contribution is -2.36. The summed E-state index contributed by atoms with van der Waals surface area (Å²) in [4.78, 5) is 48.4. The second kappa shape index (κ2) is 8.51.